The van der Waals surface area contributed by atoms with Crippen LogP contribution in [-0.4, -0.2) is 9.97 Å². The van der Waals surface area contributed by atoms with Gasteiger partial charge in [-0.25, -0.2) is 18.7 Å². The number of hydrogen-bond acceptors (Lipinski definition) is 3. The van der Waals surface area contributed by atoms with E-state index >= 15 is 0 Å². The highest BCUT2D eigenvalue weighted by molar-refractivity contribution is 5.58. The summed E-state index contributed by atoms with van der Waals surface area (Å²) in [5.74, 6) is 0.262. The van der Waals surface area contributed by atoms with Gasteiger partial charge in [0, 0.05) is 5.56 Å². The Hall–Kier alpha value is -2.04. The van der Waals surface area contributed by atoms with Crippen LogP contribution in [0.5, 0.6) is 0 Å². The first-order valence-electron chi connectivity index (χ1n) is 5.05. The third-order valence-electron chi connectivity index (χ3n) is 2.33. The van der Waals surface area contributed by atoms with Crippen molar-refractivity contribution < 1.29 is 8.78 Å². The van der Waals surface area contributed by atoms with Crippen molar-refractivity contribution in [1.82, 2.24) is 9.97 Å². The van der Waals surface area contributed by atoms with Gasteiger partial charge in [0.25, 0.3) is 6.43 Å². The Balaban J connectivity index is 2.50. The van der Waals surface area contributed by atoms with E-state index in [1.54, 1.807) is 6.07 Å². The van der Waals surface area contributed by atoms with Crippen LogP contribution in [-0.2, 0) is 0 Å². The number of benzene rings is 1. The Morgan fingerprint density at radius 1 is 1.29 bits per heavy atom. The number of alkyl halides is 2. The van der Waals surface area contributed by atoms with Gasteiger partial charge in [0.2, 0.25) is 0 Å². The molecule has 0 radical (unpaired) electrons. The molecule has 0 amide bonds. The molecule has 3 nitrogen and oxygen atoms in total. The van der Waals surface area contributed by atoms with E-state index in [2.05, 4.69) is 9.97 Å². The van der Waals surface area contributed by atoms with Gasteiger partial charge in [0.15, 0.2) is 5.82 Å². The molecule has 0 atom stereocenters. The van der Waals surface area contributed by atoms with Crippen LogP contribution in [0.1, 0.15) is 17.7 Å². The van der Waals surface area contributed by atoms with Crippen LogP contribution in [0.3, 0.4) is 0 Å². The average Bonchev–Trinajstić information content (AvgIpc) is 2.29. The van der Waals surface area contributed by atoms with Crippen LogP contribution >= 0.6 is 0 Å². The molecule has 0 aliphatic rings. The van der Waals surface area contributed by atoms with Crippen LogP contribution in [0.2, 0.25) is 0 Å². The standard InChI is InChI=1S/C12H11F2N3/c1-7-3-2-4-8(5-7)12-16-6-9(15)10(17-12)11(13)14/h2-6,11H,15H2,1H3. The van der Waals surface area contributed by atoms with Gasteiger partial charge in [-0.1, -0.05) is 23.8 Å². The number of anilines is 1. The van der Waals surface area contributed by atoms with Crippen molar-refractivity contribution >= 4 is 5.69 Å². The van der Waals surface area contributed by atoms with Gasteiger partial charge in [0.1, 0.15) is 5.69 Å². The van der Waals surface area contributed by atoms with E-state index in [0.29, 0.717) is 5.56 Å². The molecule has 0 aliphatic carbocycles. The lowest BCUT2D eigenvalue weighted by molar-refractivity contribution is 0.147. The molecule has 5 heteroatoms. The van der Waals surface area contributed by atoms with E-state index in [1.807, 2.05) is 25.1 Å². The number of rotatable bonds is 2. The Morgan fingerprint density at radius 3 is 2.71 bits per heavy atom. The largest absolute Gasteiger partial charge is 0.396 e. The van der Waals surface area contributed by atoms with Crippen molar-refractivity contribution in [1.29, 1.82) is 0 Å². The quantitative estimate of drug-likeness (QED) is 0.870. The number of nitrogen functional groups attached to an aromatic ring is 1. The lowest BCUT2D eigenvalue weighted by atomic mass is 10.1. The number of hydrogen-bond donors (Lipinski definition) is 1. The molecule has 2 rings (SSSR count). The van der Waals surface area contributed by atoms with E-state index in [9.17, 15) is 8.78 Å². The van der Waals surface area contributed by atoms with Gasteiger partial charge in [-0.05, 0) is 13.0 Å². The van der Waals surface area contributed by atoms with E-state index in [-0.39, 0.29) is 11.5 Å². The molecule has 0 fully saturated rings. The normalized spacial score (nSPS) is 10.8. The molecular weight excluding hydrogens is 224 g/mol. The number of aromatic nitrogens is 2. The average molecular weight is 235 g/mol. The van der Waals surface area contributed by atoms with E-state index in [0.717, 1.165) is 5.56 Å². The lowest BCUT2D eigenvalue weighted by Crippen LogP contribution is -2.02. The zero-order chi connectivity index (χ0) is 12.4. The maximum atomic E-state index is 12.6. The molecule has 0 bridgehead atoms. The summed E-state index contributed by atoms with van der Waals surface area (Å²) in [6.45, 7) is 1.91. The fourth-order valence-electron chi connectivity index (χ4n) is 1.50. The van der Waals surface area contributed by atoms with Gasteiger partial charge >= 0.3 is 0 Å². The minimum Gasteiger partial charge on any atom is -0.396 e. The monoisotopic (exact) mass is 235 g/mol. The molecule has 1 heterocycles. The highest BCUT2D eigenvalue weighted by atomic mass is 19.3. The summed E-state index contributed by atoms with van der Waals surface area (Å²) in [7, 11) is 0. The van der Waals surface area contributed by atoms with Crippen LogP contribution < -0.4 is 5.73 Å². The molecule has 1 aromatic heterocycles. The van der Waals surface area contributed by atoms with Gasteiger partial charge in [-0.15, -0.1) is 0 Å². The van der Waals surface area contributed by atoms with Crippen molar-refractivity contribution in [2.24, 2.45) is 0 Å². The molecule has 2 N–H and O–H groups in total. The molecule has 1 aromatic carbocycles. The van der Waals surface area contributed by atoms with Crippen molar-refractivity contribution in [2.75, 3.05) is 5.73 Å². The Morgan fingerprint density at radius 2 is 2.06 bits per heavy atom. The third-order valence-corrected chi connectivity index (χ3v) is 2.33. The highest BCUT2D eigenvalue weighted by Crippen LogP contribution is 2.25. The van der Waals surface area contributed by atoms with Crippen LogP contribution in [0.25, 0.3) is 11.4 Å². The minimum atomic E-state index is -2.69. The molecular formula is C12H11F2N3. The molecule has 88 valence electrons. The second kappa shape index (κ2) is 4.45. The third kappa shape index (κ3) is 2.38. The molecule has 0 saturated carbocycles. The van der Waals surface area contributed by atoms with Gasteiger partial charge in [0.05, 0.1) is 11.9 Å². The SMILES string of the molecule is Cc1cccc(-c2ncc(N)c(C(F)F)n2)c1. The van der Waals surface area contributed by atoms with Crippen molar-refractivity contribution in [3.05, 3.63) is 41.7 Å². The number of nitrogens with two attached hydrogens (primary N) is 1. The maximum Gasteiger partial charge on any atom is 0.282 e. The number of nitrogens with zero attached hydrogens (tertiary/aromatic N) is 2. The number of aryl methyl sites for hydroxylation is 1. The summed E-state index contributed by atoms with van der Waals surface area (Å²) in [6, 6.07) is 7.34. The summed E-state index contributed by atoms with van der Waals surface area (Å²) in [6.07, 6.45) is -1.48. The minimum absolute atomic E-state index is 0.0867. The van der Waals surface area contributed by atoms with E-state index < -0.39 is 12.1 Å². The predicted octanol–water partition coefficient (Wildman–Crippen LogP) is 2.97. The van der Waals surface area contributed by atoms with Gasteiger partial charge < -0.3 is 5.73 Å². The molecule has 0 unspecified atom stereocenters. The Kier molecular flexibility index (Phi) is 2.99. The van der Waals surface area contributed by atoms with Gasteiger partial charge in [-0.3, -0.25) is 0 Å². The summed E-state index contributed by atoms with van der Waals surface area (Å²) < 4.78 is 25.3. The Bertz CT molecular complexity index is 541. The molecule has 0 aliphatic heterocycles. The predicted molar refractivity (Wildman–Crippen MR) is 61.6 cm³/mol. The van der Waals surface area contributed by atoms with Crippen molar-refractivity contribution in [3.63, 3.8) is 0 Å². The fourth-order valence-corrected chi connectivity index (χ4v) is 1.50. The van der Waals surface area contributed by atoms with Crippen LogP contribution in [0.4, 0.5) is 14.5 Å². The summed E-state index contributed by atoms with van der Waals surface area (Å²) in [4.78, 5) is 7.76. The molecule has 0 saturated heterocycles. The lowest BCUT2D eigenvalue weighted by Gasteiger charge is -2.06. The van der Waals surface area contributed by atoms with Crippen molar-refractivity contribution in [2.45, 2.75) is 13.3 Å². The van der Waals surface area contributed by atoms with Crippen molar-refractivity contribution in [3.8, 4) is 11.4 Å². The first-order chi connectivity index (χ1) is 8.08. The maximum absolute atomic E-state index is 12.6. The zero-order valence-electron chi connectivity index (χ0n) is 9.19. The van der Waals surface area contributed by atoms with E-state index in [4.69, 9.17) is 5.73 Å². The summed E-state index contributed by atoms with van der Waals surface area (Å²) in [5.41, 5.74) is 6.60. The molecule has 17 heavy (non-hydrogen) atoms. The van der Waals surface area contributed by atoms with Crippen LogP contribution in [0, 0.1) is 6.92 Å². The molecule has 0 spiro atoms. The zero-order valence-corrected chi connectivity index (χ0v) is 9.19. The molecule has 2 aromatic rings. The number of halogens is 2. The fraction of sp³-hybridized carbons (Fsp3) is 0.167. The first kappa shape index (κ1) is 11.4. The van der Waals surface area contributed by atoms with Gasteiger partial charge in [-0.2, -0.15) is 0 Å². The smallest absolute Gasteiger partial charge is 0.282 e. The topological polar surface area (TPSA) is 51.8 Å². The summed E-state index contributed by atoms with van der Waals surface area (Å²) >= 11 is 0. The van der Waals surface area contributed by atoms with E-state index in [1.165, 1.54) is 6.20 Å². The Labute approximate surface area is 97.3 Å². The highest BCUT2D eigenvalue weighted by Gasteiger charge is 2.15. The second-order valence-electron chi connectivity index (χ2n) is 3.70. The van der Waals surface area contributed by atoms with Crippen LogP contribution in [0.15, 0.2) is 30.5 Å². The second-order valence-corrected chi connectivity index (χ2v) is 3.70. The first-order valence-corrected chi connectivity index (χ1v) is 5.05. The summed E-state index contributed by atoms with van der Waals surface area (Å²) in [5, 5.41) is 0.